The van der Waals surface area contributed by atoms with Crippen LogP contribution in [0.3, 0.4) is 0 Å². The van der Waals surface area contributed by atoms with E-state index in [1.807, 2.05) is 0 Å². The summed E-state index contributed by atoms with van der Waals surface area (Å²) in [6.45, 7) is 1.34. The number of hydrogen-bond donors (Lipinski definition) is 1. The zero-order valence-corrected chi connectivity index (χ0v) is 8.34. The Balaban J connectivity index is 2.67. The second-order valence-electron chi connectivity index (χ2n) is 3.16. The van der Waals surface area contributed by atoms with Gasteiger partial charge in [0, 0.05) is 0 Å². The van der Waals surface area contributed by atoms with Crippen molar-refractivity contribution in [1.82, 2.24) is 0 Å². The standard InChI is InChI=1S/C11H12O4/c1-8(12)7-10(11(13)14)15-9-5-3-2-4-6-9/h2-6,10H,7H2,1H3,(H,13,14). The van der Waals surface area contributed by atoms with Gasteiger partial charge in [-0.05, 0) is 19.1 Å². The Bertz CT molecular complexity index is 345. The summed E-state index contributed by atoms with van der Waals surface area (Å²) in [6.07, 6.45) is -1.23. The van der Waals surface area contributed by atoms with Crippen molar-refractivity contribution < 1.29 is 19.4 Å². The molecule has 0 aliphatic rings. The third-order valence-corrected chi connectivity index (χ3v) is 1.77. The summed E-state index contributed by atoms with van der Waals surface area (Å²) < 4.78 is 5.17. The van der Waals surface area contributed by atoms with E-state index in [-0.39, 0.29) is 12.2 Å². The number of carboxylic acids is 1. The molecular weight excluding hydrogens is 196 g/mol. The highest BCUT2D eigenvalue weighted by Gasteiger charge is 2.21. The smallest absolute Gasteiger partial charge is 0.345 e. The van der Waals surface area contributed by atoms with Crippen LogP contribution in [-0.2, 0) is 9.59 Å². The first-order valence-corrected chi connectivity index (χ1v) is 4.53. The Morgan fingerprint density at radius 2 is 1.93 bits per heavy atom. The maximum Gasteiger partial charge on any atom is 0.345 e. The molecule has 15 heavy (non-hydrogen) atoms. The van der Waals surface area contributed by atoms with Gasteiger partial charge in [-0.25, -0.2) is 4.79 Å². The van der Waals surface area contributed by atoms with Gasteiger partial charge in [-0.15, -0.1) is 0 Å². The Hall–Kier alpha value is -1.84. The van der Waals surface area contributed by atoms with Crippen molar-refractivity contribution in [2.24, 2.45) is 0 Å². The molecule has 1 rings (SSSR count). The van der Waals surface area contributed by atoms with Crippen LogP contribution in [-0.4, -0.2) is 23.0 Å². The summed E-state index contributed by atoms with van der Waals surface area (Å²) in [6, 6.07) is 8.57. The highest BCUT2D eigenvalue weighted by molar-refractivity contribution is 5.83. The maximum atomic E-state index is 10.8. The summed E-state index contributed by atoms with van der Waals surface area (Å²) in [5.41, 5.74) is 0. The third kappa shape index (κ3) is 3.81. The number of benzene rings is 1. The molecule has 1 atom stereocenters. The van der Waals surface area contributed by atoms with Gasteiger partial charge in [-0.3, -0.25) is 4.79 Å². The average molecular weight is 208 g/mol. The Morgan fingerprint density at radius 1 is 1.33 bits per heavy atom. The van der Waals surface area contributed by atoms with Crippen molar-refractivity contribution in [1.29, 1.82) is 0 Å². The van der Waals surface area contributed by atoms with Crippen LogP contribution in [0.2, 0.25) is 0 Å². The van der Waals surface area contributed by atoms with E-state index in [9.17, 15) is 9.59 Å². The fourth-order valence-corrected chi connectivity index (χ4v) is 1.10. The second kappa shape index (κ2) is 5.14. The molecule has 0 radical (unpaired) electrons. The monoisotopic (exact) mass is 208 g/mol. The Morgan fingerprint density at radius 3 is 2.40 bits per heavy atom. The van der Waals surface area contributed by atoms with E-state index in [1.165, 1.54) is 6.92 Å². The quantitative estimate of drug-likeness (QED) is 0.796. The summed E-state index contributed by atoms with van der Waals surface area (Å²) in [4.78, 5) is 21.6. The number of aliphatic carboxylic acids is 1. The zero-order chi connectivity index (χ0) is 11.3. The van der Waals surface area contributed by atoms with E-state index in [2.05, 4.69) is 0 Å². The topological polar surface area (TPSA) is 63.6 Å². The van der Waals surface area contributed by atoms with E-state index in [0.717, 1.165) is 0 Å². The van der Waals surface area contributed by atoms with Crippen LogP contribution < -0.4 is 4.74 Å². The predicted molar refractivity (Wildman–Crippen MR) is 53.8 cm³/mol. The minimum Gasteiger partial charge on any atom is -0.478 e. The fraction of sp³-hybridized carbons (Fsp3) is 0.273. The van der Waals surface area contributed by atoms with Gasteiger partial charge in [0.25, 0.3) is 0 Å². The first kappa shape index (κ1) is 11.2. The summed E-state index contributed by atoms with van der Waals surface area (Å²) in [5, 5.41) is 8.81. The molecule has 0 fully saturated rings. The third-order valence-electron chi connectivity index (χ3n) is 1.77. The molecule has 4 heteroatoms. The SMILES string of the molecule is CC(=O)CC(Oc1ccccc1)C(=O)O. The number of carbonyl (C=O) groups is 2. The largest absolute Gasteiger partial charge is 0.478 e. The van der Waals surface area contributed by atoms with Crippen LogP contribution in [0.1, 0.15) is 13.3 Å². The van der Waals surface area contributed by atoms with Crippen LogP contribution in [0.15, 0.2) is 30.3 Å². The zero-order valence-electron chi connectivity index (χ0n) is 8.34. The van der Waals surface area contributed by atoms with Crippen molar-refractivity contribution in [3.8, 4) is 5.75 Å². The molecule has 80 valence electrons. The Labute approximate surface area is 87.5 Å². The van der Waals surface area contributed by atoms with Crippen LogP contribution in [0.5, 0.6) is 5.75 Å². The number of carboxylic acid groups (broad SMARTS) is 1. The summed E-state index contributed by atoms with van der Waals surface area (Å²) >= 11 is 0. The van der Waals surface area contributed by atoms with E-state index >= 15 is 0 Å². The average Bonchev–Trinajstić information content (AvgIpc) is 2.17. The van der Waals surface area contributed by atoms with Crippen molar-refractivity contribution in [3.05, 3.63) is 30.3 Å². The molecule has 0 spiro atoms. The molecule has 0 heterocycles. The van der Waals surface area contributed by atoms with Gasteiger partial charge in [0.1, 0.15) is 11.5 Å². The second-order valence-corrected chi connectivity index (χ2v) is 3.16. The lowest BCUT2D eigenvalue weighted by atomic mass is 10.2. The highest BCUT2D eigenvalue weighted by atomic mass is 16.5. The van der Waals surface area contributed by atoms with Crippen molar-refractivity contribution >= 4 is 11.8 Å². The number of para-hydroxylation sites is 1. The van der Waals surface area contributed by atoms with Gasteiger partial charge < -0.3 is 9.84 Å². The first-order valence-electron chi connectivity index (χ1n) is 4.53. The van der Waals surface area contributed by atoms with Gasteiger partial charge in [0.05, 0.1) is 6.42 Å². The minimum atomic E-state index is -1.13. The number of ether oxygens (including phenoxy) is 1. The highest BCUT2D eigenvalue weighted by Crippen LogP contribution is 2.12. The lowest BCUT2D eigenvalue weighted by Gasteiger charge is -2.13. The molecule has 0 aliphatic heterocycles. The van der Waals surface area contributed by atoms with Crippen molar-refractivity contribution in [2.45, 2.75) is 19.4 Å². The van der Waals surface area contributed by atoms with Crippen LogP contribution >= 0.6 is 0 Å². The van der Waals surface area contributed by atoms with Gasteiger partial charge in [-0.2, -0.15) is 0 Å². The number of hydrogen-bond acceptors (Lipinski definition) is 3. The van der Waals surface area contributed by atoms with E-state index in [0.29, 0.717) is 5.75 Å². The van der Waals surface area contributed by atoms with E-state index in [1.54, 1.807) is 30.3 Å². The molecule has 1 N–H and O–H groups in total. The molecule has 0 saturated heterocycles. The molecule has 0 aliphatic carbocycles. The molecule has 4 nitrogen and oxygen atoms in total. The normalized spacial score (nSPS) is 11.8. The Kier molecular flexibility index (Phi) is 3.85. The van der Waals surface area contributed by atoms with Crippen molar-refractivity contribution in [3.63, 3.8) is 0 Å². The van der Waals surface area contributed by atoms with Gasteiger partial charge in [-0.1, -0.05) is 18.2 Å². The van der Waals surface area contributed by atoms with Crippen LogP contribution in [0.4, 0.5) is 0 Å². The molecule has 0 saturated carbocycles. The van der Waals surface area contributed by atoms with Gasteiger partial charge in [0.15, 0.2) is 0 Å². The maximum absolute atomic E-state index is 10.8. The molecule has 1 aromatic rings. The fourth-order valence-electron chi connectivity index (χ4n) is 1.10. The number of carbonyl (C=O) groups excluding carboxylic acids is 1. The van der Waals surface area contributed by atoms with Gasteiger partial charge >= 0.3 is 5.97 Å². The van der Waals surface area contributed by atoms with Crippen LogP contribution in [0, 0.1) is 0 Å². The van der Waals surface area contributed by atoms with Crippen LogP contribution in [0.25, 0.3) is 0 Å². The lowest BCUT2D eigenvalue weighted by molar-refractivity contribution is -0.147. The molecule has 0 bridgehead atoms. The molecular formula is C11H12O4. The lowest BCUT2D eigenvalue weighted by Crippen LogP contribution is -2.29. The summed E-state index contributed by atoms with van der Waals surface area (Å²) in [5.74, 6) is -0.890. The number of ketones is 1. The van der Waals surface area contributed by atoms with E-state index in [4.69, 9.17) is 9.84 Å². The van der Waals surface area contributed by atoms with E-state index < -0.39 is 12.1 Å². The predicted octanol–water partition coefficient (Wildman–Crippen LogP) is 1.50. The first-order chi connectivity index (χ1) is 7.09. The van der Waals surface area contributed by atoms with Gasteiger partial charge in [0.2, 0.25) is 6.10 Å². The molecule has 0 amide bonds. The number of rotatable bonds is 5. The molecule has 1 unspecified atom stereocenters. The number of Topliss-reactive ketones (excluding diaryl/α,β-unsaturated/α-hetero) is 1. The minimum absolute atomic E-state index is 0.121. The summed E-state index contributed by atoms with van der Waals surface area (Å²) in [7, 11) is 0. The molecule has 1 aromatic carbocycles. The molecule has 0 aromatic heterocycles. The van der Waals surface area contributed by atoms with Crippen molar-refractivity contribution in [2.75, 3.05) is 0 Å².